The van der Waals surface area contributed by atoms with Gasteiger partial charge in [-0.05, 0) is 33.3 Å². The van der Waals surface area contributed by atoms with E-state index in [1.54, 1.807) is 6.92 Å². The van der Waals surface area contributed by atoms with Gasteiger partial charge in [0.25, 0.3) is 0 Å². The van der Waals surface area contributed by atoms with Crippen LogP contribution in [0, 0.1) is 5.41 Å². The van der Waals surface area contributed by atoms with Crippen LogP contribution in [-0.2, 0) is 0 Å². The number of hydrogen-bond donors (Lipinski definition) is 0. The number of rotatable bonds is 4. The van der Waals surface area contributed by atoms with Crippen LogP contribution in [0.3, 0.4) is 0 Å². The Kier molecular flexibility index (Phi) is 4.12. The Bertz CT molecular complexity index is 238. The Morgan fingerprint density at radius 2 is 1.85 bits per heavy atom. The minimum Gasteiger partial charge on any atom is -0.241 e. The van der Waals surface area contributed by atoms with E-state index in [4.69, 9.17) is 0 Å². The zero-order chi connectivity index (χ0) is 10.6. The molecule has 13 heavy (non-hydrogen) atoms. The molecule has 2 unspecified atom stereocenters. The highest BCUT2D eigenvalue weighted by Gasteiger charge is 2.32. The third-order valence-corrected chi connectivity index (χ3v) is 2.39. The summed E-state index contributed by atoms with van der Waals surface area (Å²) < 4.78 is 13.8. The predicted molar refractivity (Wildman–Crippen MR) is 57.4 cm³/mol. The number of alkyl halides is 1. The van der Waals surface area contributed by atoms with Gasteiger partial charge >= 0.3 is 0 Å². The van der Waals surface area contributed by atoms with Crippen LogP contribution >= 0.6 is 0 Å². The molecule has 0 N–H and O–H groups in total. The maximum absolute atomic E-state index is 13.8. The molecule has 0 aromatic carbocycles. The van der Waals surface area contributed by atoms with E-state index in [1.807, 2.05) is 32.9 Å². The lowest BCUT2D eigenvalue weighted by Crippen LogP contribution is -2.28. The molecule has 0 nitrogen and oxygen atoms in total. The molecule has 0 radical (unpaired) electrons. The van der Waals surface area contributed by atoms with Crippen molar-refractivity contribution in [3.63, 3.8) is 0 Å². The minimum atomic E-state index is -1.05. The fraction of sp³-hybridized carbons (Fsp3) is 0.500. The third-order valence-electron chi connectivity index (χ3n) is 2.39. The molecule has 0 rings (SSSR count). The van der Waals surface area contributed by atoms with Crippen molar-refractivity contribution in [2.24, 2.45) is 5.41 Å². The van der Waals surface area contributed by atoms with Crippen molar-refractivity contribution in [3.8, 4) is 0 Å². The monoisotopic (exact) mass is 182 g/mol. The topological polar surface area (TPSA) is 0 Å². The molecule has 0 spiro atoms. The normalized spacial score (nSPS) is 18.2. The van der Waals surface area contributed by atoms with E-state index in [2.05, 4.69) is 13.2 Å². The summed E-state index contributed by atoms with van der Waals surface area (Å²) in [5.41, 5.74) is 0.755. The number of halogens is 1. The molecule has 1 heteroatoms. The summed E-state index contributed by atoms with van der Waals surface area (Å²) in [7, 11) is 0. The van der Waals surface area contributed by atoms with Crippen molar-refractivity contribution in [2.45, 2.75) is 33.9 Å². The fourth-order valence-corrected chi connectivity index (χ4v) is 1.30. The summed E-state index contributed by atoms with van der Waals surface area (Å²) in [6, 6.07) is 0. The molecule has 0 aromatic rings. The van der Waals surface area contributed by atoms with Gasteiger partial charge in [0.1, 0.15) is 6.17 Å². The molecule has 0 saturated heterocycles. The molecule has 74 valence electrons. The quantitative estimate of drug-likeness (QED) is 0.575. The molecule has 0 amide bonds. The van der Waals surface area contributed by atoms with E-state index in [-0.39, 0.29) is 0 Å². The van der Waals surface area contributed by atoms with Gasteiger partial charge in [0.15, 0.2) is 0 Å². The second-order valence-electron chi connectivity index (χ2n) is 3.77. The van der Waals surface area contributed by atoms with E-state index in [0.29, 0.717) is 5.57 Å². The van der Waals surface area contributed by atoms with Crippen LogP contribution in [0.5, 0.6) is 0 Å². The van der Waals surface area contributed by atoms with Gasteiger partial charge in [0.05, 0.1) is 0 Å². The molecular formula is C12H19F. The van der Waals surface area contributed by atoms with Crippen molar-refractivity contribution >= 4 is 0 Å². The van der Waals surface area contributed by atoms with E-state index in [9.17, 15) is 4.39 Å². The standard InChI is InChI=1S/C12H19F/c1-7-8-12(6,10(4)5)11(13)9(2)3/h7-8,11H,2,4H2,1,3,5-6H3. The van der Waals surface area contributed by atoms with Gasteiger partial charge in [-0.25, -0.2) is 4.39 Å². The highest BCUT2D eigenvalue weighted by molar-refractivity contribution is 5.24. The SMILES string of the molecule is C=C(C)C(F)C(C)(C=CC)C(=C)C. The Balaban J connectivity index is 5.00. The van der Waals surface area contributed by atoms with Gasteiger partial charge in [0, 0.05) is 5.41 Å². The summed E-state index contributed by atoms with van der Waals surface area (Å²) in [4.78, 5) is 0. The maximum atomic E-state index is 13.8. The fourth-order valence-electron chi connectivity index (χ4n) is 1.30. The third kappa shape index (κ3) is 2.55. The Morgan fingerprint density at radius 3 is 2.08 bits per heavy atom. The Morgan fingerprint density at radius 1 is 1.38 bits per heavy atom. The van der Waals surface area contributed by atoms with Crippen molar-refractivity contribution in [2.75, 3.05) is 0 Å². The minimum absolute atomic E-state index is 0.545. The lowest BCUT2D eigenvalue weighted by atomic mass is 9.76. The summed E-state index contributed by atoms with van der Waals surface area (Å²) in [5.74, 6) is 0. The highest BCUT2D eigenvalue weighted by Crippen LogP contribution is 2.36. The average molecular weight is 182 g/mol. The summed E-state index contributed by atoms with van der Waals surface area (Å²) in [6.45, 7) is 14.7. The van der Waals surface area contributed by atoms with Gasteiger partial charge in [-0.1, -0.05) is 30.9 Å². The lowest BCUT2D eigenvalue weighted by Gasteiger charge is -2.30. The first-order valence-corrected chi connectivity index (χ1v) is 4.45. The number of allylic oxidation sites excluding steroid dienone is 4. The van der Waals surface area contributed by atoms with Gasteiger partial charge in [-0.2, -0.15) is 0 Å². The predicted octanol–water partition coefficient (Wildman–Crippen LogP) is 4.06. The number of hydrogen-bond acceptors (Lipinski definition) is 0. The van der Waals surface area contributed by atoms with Crippen molar-refractivity contribution < 1.29 is 4.39 Å². The second kappa shape index (κ2) is 4.40. The molecule has 0 bridgehead atoms. The zero-order valence-electron chi connectivity index (χ0n) is 9.02. The van der Waals surface area contributed by atoms with Crippen LogP contribution < -0.4 is 0 Å². The lowest BCUT2D eigenvalue weighted by molar-refractivity contribution is 0.246. The van der Waals surface area contributed by atoms with Crippen LogP contribution in [0.25, 0.3) is 0 Å². The summed E-state index contributed by atoms with van der Waals surface area (Å²) >= 11 is 0. The van der Waals surface area contributed by atoms with Gasteiger partial charge in [0.2, 0.25) is 0 Å². The van der Waals surface area contributed by atoms with E-state index >= 15 is 0 Å². The van der Waals surface area contributed by atoms with Crippen LogP contribution in [0.15, 0.2) is 36.5 Å². The molecule has 0 saturated carbocycles. The van der Waals surface area contributed by atoms with E-state index in [0.717, 1.165) is 5.57 Å². The first kappa shape index (κ1) is 12.2. The Hall–Kier alpha value is -0.850. The van der Waals surface area contributed by atoms with Gasteiger partial charge in [-0.15, -0.1) is 0 Å². The molecule has 0 fully saturated rings. The molecule has 0 heterocycles. The van der Waals surface area contributed by atoms with E-state index < -0.39 is 11.6 Å². The molecular weight excluding hydrogens is 163 g/mol. The van der Waals surface area contributed by atoms with Crippen molar-refractivity contribution in [3.05, 3.63) is 36.5 Å². The van der Waals surface area contributed by atoms with Crippen molar-refractivity contribution in [1.82, 2.24) is 0 Å². The van der Waals surface area contributed by atoms with E-state index in [1.165, 1.54) is 0 Å². The second-order valence-corrected chi connectivity index (χ2v) is 3.77. The van der Waals surface area contributed by atoms with Crippen LogP contribution in [0.1, 0.15) is 27.7 Å². The Labute approximate surface area is 80.9 Å². The first-order chi connectivity index (χ1) is 5.86. The molecule has 0 aliphatic rings. The zero-order valence-corrected chi connectivity index (χ0v) is 9.02. The average Bonchev–Trinajstić information content (AvgIpc) is 2.02. The molecule has 2 atom stereocenters. The van der Waals surface area contributed by atoms with Crippen LogP contribution in [0.4, 0.5) is 4.39 Å². The van der Waals surface area contributed by atoms with Gasteiger partial charge in [-0.3, -0.25) is 0 Å². The smallest absolute Gasteiger partial charge is 0.133 e. The highest BCUT2D eigenvalue weighted by atomic mass is 19.1. The van der Waals surface area contributed by atoms with Crippen molar-refractivity contribution in [1.29, 1.82) is 0 Å². The van der Waals surface area contributed by atoms with Gasteiger partial charge < -0.3 is 0 Å². The summed E-state index contributed by atoms with van der Waals surface area (Å²) in [6.07, 6.45) is 2.64. The molecule has 0 aromatic heterocycles. The first-order valence-electron chi connectivity index (χ1n) is 4.45. The maximum Gasteiger partial charge on any atom is 0.133 e. The van der Waals surface area contributed by atoms with Crippen LogP contribution in [-0.4, -0.2) is 6.17 Å². The molecule has 0 aliphatic heterocycles. The largest absolute Gasteiger partial charge is 0.241 e. The summed E-state index contributed by atoms with van der Waals surface area (Å²) in [5, 5.41) is 0. The van der Waals surface area contributed by atoms with Crippen LogP contribution in [0.2, 0.25) is 0 Å². The molecule has 0 aliphatic carbocycles.